The second-order valence-corrected chi connectivity index (χ2v) is 6.08. The van der Waals surface area contributed by atoms with Crippen LogP contribution < -0.4 is 10.6 Å². The molecule has 3 N–H and O–H groups in total. The summed E-state index contributed by atoms with van der Waals surface area (Å²) in [5, 5.41) is 16.2. The zero-order valence-corrected chi connectivity index (χ0v) is 13.9. The van der Waals surface area contributed by atoms with E-state index in [0.29, 0.717) is 6.42 Å². The molecule has 0 aromatic heterocycles. The second-order valence-electron chi connectivity index (χ2n) is 5.09. The number of rotatable bonds is 9. The molecule has 1 aromatic rings. The number of aromatic hydroxyl groups is 1. The number of phenolic OH excluding ortho intramolecular Hbond substituents is 1. The van der Waals surface area contributed by atoms with Crippen LogP contribution in [0, 0.1) is 0 Å². The summed E-state index contributed by atoms with van der Waals surface area (Å²) in [4.78, 5) is 11.6. The highest BCUT2D eigenvalue weighted by Crippen LogP contribution is 2.27. The van der Waals surface area contributed by atoms with Gasteiger partial charge in [-0.15, -0.1) is 0 Å². The fourth-order valence-corrected chi connectivity index (χ4v) is 2.51. The molecule has 0 fully saturated rings. The van der Waals surface area contributed by atoms with Crippen molar-refractivity contribution >= 4 is 23.4 Å². The smallest absolute Gasteiger partial charge is 0.224 e. The van der Waals surface area contributed by atoms with Crippen LogP contribution in [0.1, 0.15) is 44.7 Å². The Bertz CT molecular complexity index is 452. The Hall–Kier alpha value is -1.20. The molecule has 0 saturated carbocycles. The molecular formula is C16H26N2O2S. The molecule has 1 unspecified atom stereocenters. The molecule has 5 heteroatoms. The molecule has 0 saturated heterocycles. The van der Waals surface area contributed by atoms with Gasteiger partial charge in [0.25, 0.3) is 0 Å². The van der Waals surface area contributed by atoms with Gasteiger partial charge in [-0.3, -0.25) is 4.79 Å². The van der Waals surface area contributed by atoms with E-state index in [9.17, 15) is 9.90 Å². The summed E-state index contributed by atoms with van der Waals surface area (Å²) in [6, 6.07) is 5.26. The van der Waals surface area contributed by atoms with Gasteiger partial charge < -0.3 is 15.7 Å². The van der Waals surface area contributed by atoms with E-state index in [1.807, 2.05) is 31.7 Å². The maximum atomic E-state index is 11.6. The Balaban J connectivity index is 2.65. The van der Waals surface area contributed by atoms with Crippen LogP contribution in [-0.2, 0) is 4.79 Å². The lowest BCUT2D eigenvalue weighted by Gasteiger charge is -2.17. The second kappa shape index (κ2) is 9.68. The van der Waals surface area contributed by atoms with Gasteiger partial charge in [-0.1, -0.05) is 6.92 Å². The monoisotopic (exact) mass is 310 g/mol. The van der Waals surface area contributed by atoms with E-state index < -0.39 is 0 Å². The van der Waals surface area contributed by atoms with Crippen LogP contribution in [0.2, 0.25) is 0 Å². The maximum absolute atomic E-state index is 11.6. The van der Waals surface area contributed by atoms with Crippen molar-refractivity contribution in [1.29, 1.82) is 0 Å². The molecule has 118 valence electrons. The average Bonchev–Trinajstić information content (AvgIpc) is 2.45. The molecule has 21 heavy (non-hydrogen) atoms. The summed E-state index contributed by atoms with van der Waals surface area (Å²) in [5.41, 5.74) is 1.55. The third-order valence-corrected chi connectivity index (χ3v) is 3.93. The summed E-state index contributed by atoms with van der Waals surface area (Å²) < 4.78 is 0. The molecule has 0 radical (unpaired) electrons. The Labute approximate surface area is 131 Å². The molecule has 0 aliphatic heterocycles. The number of anilines is 1. The Kier molecular flexibility index (Phi) is 8.23. The van der Waals surface area contributed by atoms with Crippen LogP contribution >= 0.6 is 11.8 Å². The van der Waals surface area contributed by atoms with Crippen LogP contribution in [-0.4, -0.2) is 29.6 Å². The molecule has 1 rings (SSSR count). The fourth-order valence-electron chi connectivity index (χ4n) is 2.07. The van der Waals surface area contributed by atoms with Gasteiger partial charge in [0.2, 0.25) is 5.91 Å². The zero-order chi connectivity index (χ0) is 15.7. The predicted molar refractivity (Wildman–Crippen MR) is 91.1 cm³/mol. The maximum Gasteiger partial charge on any atom is 0.224 e. The topological polar surface area (TPSA) is 61.4 Å². The first-order valence-corrected chi connectivity index (χ1v) is 8.83. The largest absolute Gasteiger partial charge is 0.508 e. The van der Waals surface area contributed by atoms with Gasteiger partial charge in [0.1, 0.15) is 5.75 Å². The number of hydrogen-bond acceptors (Lipinski definition) is 4. The van der Waals surface area contributed by atoms with Crippen molar-refractivity contribution in [2.24, 2.45) is 0 Å². The molecule has 1 aromatic carbocycles. The normalized spacial score (nSPS) is 12.1. The number of carbonyl (C=O) groups excluding carboxylic acids is 1. The van der Waals surface area contributed by atoms with Crippen molar-refractivity contribution < 1.29 is 9.90 Å². The lowest BCUT2D eigenvalue weighted by atomic mass is 10.1. The third kappa shape index (κ3) is 6.40. The number of nitrogens with one attached hydrogen (secondary N) is 2. The highest BCUT2D eigenvalue weighted by molar-refractivity contribution is 7.98. The number of carbonyl (C=O) groups is 1. The zero-order valence-electron chi connectivity index (χ0n) is 13.1. The van der Waals surface area contributed by atoms with Crippen LogP contribution in [0.5, 0.6) is 5.75 Å². The molecule has 1 atom stereocenters. The SMILES string of the molecule is CCCC(=O)Nc1ccc(O)c(C(C)NCCCSC)c1. The van der Waals surface area contributed by atoms with Crippen molar-refractivity contribution in [2.75, 3.05) is 23.9 Å². The first-order chi connectivity index (χ1) is 10.1. The summed E-state index contributed by atoms with van der Waals surface area (Å²) >= 11 is 1.83. The lowest BCUT2D eigenvalue weighted by molar-refractivity contribution is -0.116. The van der Waals surface area contributed by atoms with E-state index >= 15 is 0 Å². The molecule has 0 spiro atoms. The van der Waals surface area contributed by atoms with Gasteiger partial charge in [0, 0.05) is 23.7 Å². The number of amides is 1. The molecule has 0 aliphatic rings. The molecule has 4 nitrogen and oxygen atoms in total. The Morgan fingerprint density at radius 3 is 2.86 bits per heavy atom. The van der Waals surface area contributed by atoms with E-state index in [1.54, 1.807) is 12.1 Å². The van der Waals surface area contributed by atoms with Gasteiger partial charge in [-0.25, -0.2) is 0 Å². The minimum atomic E-state index is 0.00900. The van der Waals surface area contributed by atoms with E-state index in [4.69, 9.17) is 0 Å². The van der Waals surface area contributed by atoms with Crippen molar-refractivity contribution in [1.82, 2.24) is 5.32 Å². The van der Waals surface area contributed by atoms with Crippen LogP contribution in [0.4, 0.5) is 5.69 Å². The van der Waals surface area contributed by atoms with E-state index in [2.05, 4.69) is 16.9 Å². The first-order valence-electron chi connectivity index (χ1n) is 7.43. The number of benzene rings is 1. The van der Waals surface area contributed by atoms with Crippen molar-refractivity contribution in [3.8, 4) is 5.75 Å². The number of phenols is 1. The van der Waals surface area contributed by atoms with Gasteiger partial charge in [-0.05, 0) is 56.5 Å². The molecule has 1 amide bonds. The van der Waals surface area contributed by atoms with Gasteiger partial charge in [0.05, 0.1) is 0 Å². The summed E-state index contributed by atoms with van der Waals surface area (Å²) in [7, 11) is 0. The van der Waals surface area contributed by atoms with Gasteiger partial charge in [0.15, 0.2) is 0 Å². The summed E-state index contributed by atoms with van der Waals surface area (Å²) in [6.45, 7) is 4.90. The predicted octanol–water partition coefficient (Wildman–Crippen LogP) is 3.53. The lowest BCUT2D eigenvalue weighted by Crippen LogP contribution is -2.20. The molecule has 0 bridgehead atoms. The molecule has 0 aliphatic carbocycles. The van der Waals surface area contributed by atoms with Crippen molar-refractivity contribution in [2.45, 2.75) is 39.2 Å². The Morgan fingerprint density at radius 2 is 2.19 bits per heavy atom. The molecule has 0 heterocycles. The minimum absolute atomic E-state index is 0.00900. The van der Waals surface area contributed by atoms with Crippen LogP contribution in [0.25, 0.3) is 0 Å². The Morgan fingerprint density at radius 1 is 1.43 bits per heavy atom. The summed E-state index contributed by atoms with van der Waals surface area (Å²) in [6.07, 6.45) is 4.53. The van der Waals surface area contributed by atoms with Gasteiger partial charge in [-0.2, -0.15) is 11.8 Å². The standard InChI is InChI=1S/C16H26N2O2S/c1-4-6-16(20)18-13-7-8-15(19)14(11-13)12(2)17-9-5-10-21-3/h7-8,11-12,17,19H,4-6,9-10H2,1-3H3,(H,18,20). The van der Waals surface area contributed by atoms with E-state index in [1.165, 1.54) is 0 Å². The third-order valence-electron chi connectivity index (χ3n) is 3.23. The quantitative estimate of drug-likeness (QED) is 0.482. The van der Waals surface area contributed by atoms with Crippen molar-refractivity contribution in [3.05, 3.63) is 23.8 Å². The van der Waals surface area contributed by atoms with Gasteiger partial charge >= 0.3 is 0 Å². The number of thioether (sulfide) groups is 1. The van der Waals surface area contributed by atoms with E-state index in [-0.39, 0.29) is 17.7 Å². The number of hydrogen-bond donors (Lipinski definition) is 3. The van der Waals surface area contributed by atoms with Crippen LogP contribution in [0.3, 0.4) is 0 Å². The molecular weight excluding hydrogens is 284 g/mol. The minimum Gasteiger partial charge on any atom is -0.508 e. The van der Waals surface area contributed by atoms with Crippen LogP contribution in [0.15, 0.2) is 18.2 Å². The van der Waals surface area contributed by atoms with Crippen molar-refractivity contribution in [3.63, 3.8) is 0 Å². The average molecular weight is 310 g/mol. The van der Waals surface area contributed by atoms with E-state index in [0.717, 1.165) is 36.4 Å². The fraction of sp³-hybridized carbons (Fsp3) is 0.562. The summed E-state index contributed by atoms with van der Waals surface area (Å²) in [5.74, 6) is 1.39. The highest BCUT2D eigenvalue weighted by Gasteiger charge is 2.11. The first kappa shape index (κ1) is 17.9. The highest BCUT2D eigenvalue weighted by atomic mass is 32.2.